The number of hydrazine groups is 1. The van der Waals surface area contributed by atoms with Crippen LogP contribution in [-0.4, -0.2) is 54.9 Å². The van der Waals surface area contributed by atoms with E-state index < -0.39 is 5.91 Å². The summed E-state index contributed by atoms with van der Waals surface area (Å²) < 4.78 is 10.7. The third-order valence-corrected chi connectivity index (χ3v) is 6.39. The summed E-state index contributed by atoms with van der Waals surface area (Å²) in [5.41, 5.74) is 7.44. The highest BCUT2D eigenvalue weighted by Crippen LogP contribution is 2.33. The Morgan fingerprint density at radius 1 is 1.03 bits per heavy atom. The normalized spacial score (nSPS) is 15.3. The van der Waals surface area contributed by atoms with Crippen molar-refractivity contribution in [3.63, 3.8) is 0 Å². The molecule has 1 aliphatic heterocycles. The lowest BCUT2D eigenvalue weighted by Crippen LogP contribution is -2.50. The van der Waals surface area contributed by atoms with Crippen LogP contribution >= 0.6 is 0 Å². The largest absolute Gasteiger partial charge is 0.493 e. The first-order valence-electron chi connectivity index (χ1n) is 11.9. The molecule has 3 amide bonds. The molecule has 2 N–H and O–H groups in total. The minimum atomic E-state index is -0.457. The Labute approximate surface area is 209 Å². The van der Waals surface area contributed by atoms with Gasteiger partial charge in [0, 0.05) is 30.5 Å². The Balaban J connectivity index is 1.56. The Kier molecular flexibility index (Phi) is 7.68. The number of amides is 3. The third-order valence-electron chi connectivity index (χ3n) is 6.39. The van der Waals surface area contributed by atoms with E-state index in [-0.39, 0.29) is 17.7 Å². The molecule has 1 unspecified atom stereocenters. The van der Waals surface area contributed by atoms with Crippen molar-refractivity contribution in [2.24, 2.45) is 5.92 Å². The first-order valence-corrected chi connectivity index (χ1v) is 11.9. The molecule has 1 aromatic heterocycles. The van der Waals surface area contributed by atoms with Gasteiger partial charge in [-0.25, -0.2) is 4.98 Å². The van der Waals surface area contributed by atoms with Crippen LogP contribution in [0.4, 0.5) is 0 Å². The van der Waals surface area contributed by atoms with Crippen molar-refractivity contribution in [1.82, 2.24) is 20.7 Å². The lowest BCUT2D eigenvalue weighted by atomic mass is 9.97. The number of aromatic nitrogens is 1. The highest BCUT2D eigenvalue weighted by Gasteiger charge is 2.28. The van der Waals surface area contributed by atoms with Gasteiger partial charge in [0.25, 0.3) is 5.91 Å². The number of rotatable bonds is 6. The van der Waals surface area contributed by atoms with Crippen LogP contribution in [0.3, 0.4) is 0 Å². The van der Waals surface area contributed by atoms with E-state index >= 15 is 0 Å². The van der Waals surface area contributed by atoms with E-state index in [1.807, 2.05) is 37.3 Å². The molecule has 9 heteroatoms. The van der Waals surface area contributed by atoms with Gasteiger partial charge in [-0.3, -0.25) is 25.2 Å². The van der Waals surface area contributed by atoms with Gasteiger partial charge in [-0.1, -0.05) is 25.1 Å². The third kappa shape index (κ3) is 5.25. The van der Waals surface area contributed by atoms with Crippen molar-refractivity contribution >= 4 is 28.6 Å². The topological polar surface area (TPSA) is 110 Å². The van der Waals surface area contributed by atoms with Gasteiger partial charge in [0.15, 0.2) is 11.5 Å². The van der Waals surface area contributed by atoms with E-state index in [2.05, 4.69) is 10.9 Å². The fourth-order valence-corrected chi connectivity index (χ4v) is 4.44. The summed E-state index contributed by atoms with van der Waals surface area (Å²) in [5, 5.41) is 0.658. The summed E-state index contributed by atoms with van der Waals surface area (Å²) in [7, 11) is 3.12. The molecule has 0 radical (unpaired) electrons. The molecular weight excluding hydrogens is 460 g/mol. The molecule has 0 saturated carbocycles. The average molecular weight is 491 g/mol. The predicted molar refractivity (Wildman–Crippen MR) is 135 cm³/mol. The van der Waals surface area contributed by atoms with Crippen LogP contribution in [0.1, 0.15) is 36.5 Å². The van der Waals surface area contributed by atoms with Crippen molar-refractivity contribution in [3.8, 4) is 22.8 Å². The van der Waals surface area contributed by atoms with Crippen LogP contribution in [0.2, 0.25) is 0 Å². The SMILES string of the molecule is CCC(=O)N1CCCC(C(=O)NNC(=O)c2cc(-c3ccc(OC)c(OC)c3)nc3ccccc23)C1. The fraction of sp³-hybridized carbons (Fsp3) is 0.333. The smallest absolute Gasteiger partial charge is 0.270 e. The predicted octanol–water partition coefficient (Wildman–Crippen LogP) is 3.33. The Bertz CT molecular complexity index is 1290. The molecule has 36 heavy (non-hydrogen) atoms. The molecule has 2 aromatic carbocycles. The molecular formula is C27H30N4O5. The monoisotopic (exact) mass is 490 g/mol. The Morgan fingerprint density at radius 3 is 2.56 bits per heavy atom. The molecule has 3 aromatic rings. The van der Waals surface area contributed by atoms with Crippen LogP contribution < -0.4 is 20.3 Å². The van der Waals surface area contributed by atoms with Gasteiger partial charge in [-0.05, 0) is 43.2 Å². The van der Waals surface area contributed by atoms with Crippen LogP contribution in [0, 0.1) is 5.92 Å². The van der Waals surface area contributed by atoms with Crippen molar-refractivity contribution < 1.29 is 23.9 Å². The minimum Gasteiger partial charge on any atom is -0.493 e. The number of pyridine rings is 1. The van der Waals surface area contributed by atoms with Gasteiger partial charge in [-0.15, -0.1) is 0 Å². The highest BCUT2D eigenvalue weighted by atomic mass is 16.5. The number of benzene rings is 2. The molecule has 2 heterocycles. The number of hydrogen-bond acceptors (Lipinski definition) is 6. The number of nitrogens with zero attached hydrogens (tertiary/aromatic N) is 2. The maximum Gasteiger partial charge on any atom is 0.270 e. The summed E-state index contributed by atoms with van der Waals surface area (Å²) in [6, 6.07) is 14.4. The lowest BCUT2D eigenvalue weighted by molar-refractivity contribution is -0.135. The van der Waals surface area contributed by atoms with Crippen LogP contribution in [-0.2, 0) is 9.59 Å². The second-order valence-corrected chi connectivity index (χ2v) is 8.62. The molecule has 188 valence electrons. The molecule has 1 fully saturated rings. The molecule has 1 aliphatic rings. The van der Waals surface area contributed by atoms with Crippen molar-refractivity contribution in [2.45, 2.75) is 26.2 Å². The standard InChI is InChI=1S/C27H30N4O5/c1-4-25(32)31-13-7-8-18(16-31)26(33)29-30-27(34)20-15-22(28-21-10-6-5-9-19(20)21)17-11-12-23(35-2)24(14-17)36-3/h5-6,9-12,14-15,18H,4,7-8,13,16H2,1-3H3,(H,29,33)(H,30,34). The number of likely N-dealkylation sites (tertiary alicyclic amines) is 1. The zero-order valence-corrected chi connectivity index (χ0v) is 20.7. The van der Waals surface area contributed by atoms with E-state index in [9.17, 15) is 14.4 Å². The summed E-state index contributed by atoms with van der Waals surface area (Å²) in [4.78, 5) is 44.4. The second-order valence-electron chi connectivity index (χ2n) is 8.62. The van der Waals surface area contributed by atoms with E-state index in [0.717, 1.165) is 12.0 Å². The minimum absolute atomic E-state index is 0.0301. The molecule has 4 rings (SSSR count). The van der Waals surface area contributed by atoms with Crippen molar-refractivity contribution in [2.75, 3.05) is 27.3 Å². The van der Waals surface area contributed by atoms with Crippen LogP contribution in [0.5, 0.6) is 11.5 Å². The highest BCUT2D eigenvalue weighted by molar-refractivity contribution is 6.07. The number of carbonyl (C=O) groups is 3. The number of nitrogens with one attached hydrogen (secondary N) is 2. The maximum atomic E-state index is 13.2. The van der Waals surface area contributed by atoms with E-state index in [1.165, 1.54) is 0 Å². The number of piperidine rings is 1. The molecule has 0 aliphatic carbocycles. The first-order chi connectivity index (χ1) is 17.4. The first kappa shape index (κ1) is 25.0. The zero-order valence-electron chi connectivity index (χ0n) is 20.7. The summed E-state index contributed by atoms with van der Waals surface area (Å²) >= 11 is 0. The van der Waals surface area contributed by atoms with E-state index in [1.54, 1.807) is 37.3 Å². The van der Waals surface area contributed by atoms with Gasteiger partial charge >= 0.3 is 0 Å². The number of fused-ring (bicyclic) bond motifs is 1. The number of para-hydroxylation sites is 1. The van der Waals surface area contributed by atoms with Gasteiger partial charge in [0.1, 0.15) is 0 Å². The zero-order chi connectivity index (χ0) is 25.7. The molecule has 1 saturated heterocycles. The van der Waals surface area contributed by atoms with Crippen molar-refractivity contribution in [1.29, 1.82) is 0 Å². The molecule has 0 spiro atoms. The van der Waals surface area contributed by atoms with E-state index in [0.29, 0.717) is 59.6 Å². The lowest BCUT2D eigenvalue weighted by Gasteiger charge is -2.31. The molecule has 1 atom stereocenters. The van der Waals surface area contributed by atoms with Gasteiger partial charge in [-0.2, -0.15) is 0 Å². The number of methoxy groups -OCH3 is 2. The Morgan fingerprint density at radius 2 is 1.81 bits per heavy atom. The number of carbonyl (C=O) groups excluding carboxylic acids is 3. The number of ether oxygens (including phenoxy) is 2. The Hall–Kier alpha value is -4.14. The van der Waals surface area contributed by atoms with Gasteiger partial charge in [0.2, 0.25) is 11.8 Å². The molecule has 0 bridgehead atoms. The van der Waals surface area contributed by atoms with E-state index in [4.69, 9.17) is 14.5 Å². The summed E-state index contributed by atoms with van der Waals surface area (Å²) in [6.07, 6.45) is 1.82. The van der Waals surface area contributed by atoms with Crippen LogP contribution in [0.25, 0.3) is 22.2 Å². The summed E-state index contributed by atoms with van der Waals surface area (Å²) in [5.74, 6) is 0.0286. The maximum absolute atomic E-state index is 13.2. The number of hydrogen-bond donors (Lipinski definition) is 2. The fourth-order valence-electron chi connectivity index (χ4n) is 4.44. The average Bonchev–Trinajstić information content (AvgIpc) is 2.94. The second kappa shape index (κ2) is 11.1. The van der Waals surface area contributed by atoms with Gasteiger partial charge < -0.3 is 14.4 Å². The quantitative estimate of drug-likeness (QED) is 0.513. The van der Waals surface area contributed by atoms with Gasteiger partial charge in [0.05, 0.1) is 36.9 Å². The van der Waals surface area contributed by atoms with Crippen LogP contribution in [0.15, 0.2) is 48.5 Å². The molecule has 9 nitrogen and oxygen atoms in total. The summed E-state index contributed by atoms with van der Waals surface area (Å²) in [6.45, 7) is 2.82. The van der Waals surface area contributed by atoms with Crippen molar-refractivity contribution in [3.05, 3.63) is 54.1 Å².